The molecule has 1 atom stereocenters. The molecular formula is C18H23Cl2NO. The zero-order chi connectivity index (χ0) is 15.1. The molecule has 0 heterocycles. The molecule has 2 aromatic rings. The van der Waals surface area contributed by atoms with Gasteiger partial charge in [-0.1, -0.05) is 54.9 Å². The smallest absolute Gasteiger partial charge is 0.124 e. The van der Waals surface area contributed by atoms with Crippen molar-refractivity contribution >= 4 is 24.0 Å². The van der Waals surface area contributed by atoms with E-state index in [2.05, 4.69) is 25.2 Å². The molecular weight excluding hydrogens is 317 g/mol. The zero-order valence-corrected chi connectivity index (χ0v) is 14.6. The molecule has 0 aliphatic heterocycles. The number of ether oxygens (including phenoxy) is 1. The van der Waals surface area contributed by atoms with Crippen LogP contribution in [0, 0.1) is 0 Å². The fourth-order valence-corrected chi connectivity index (χ4v) is 2.18. The van der Waals surface area contributed by atoms with Gasteiger partial charge in [-0.25, -0.2) is 0 Å². The average molecular weight is 340 g/mol. The van der Waals surface area contributed by atoms with E-state index in [1.54, 1.807) is 0 Å². The van der Waals surface area contributed by atoms with Crippen LogP contribution in [0.15, 0.2) is 48.5 Å². The van der Waals surface area contributed by atoms with Gasteiger partial charge >= 0.3 is 0 Å². The van der Waals surface area contributed by atoms with Crippen LogP contribution in [0.3, 0.4) is 0 Å². The summed E-state index contributed by atoms with van der Waals surface area (Å²) in [5.74, 6) is 0.910. The van der Waals surface area contributed by atoms with Gasteiger partial charge in [0.15, 0.2) is 0 Å². The number of rotatable bonds is 7. The minimum atomic E-state index is 0. The summed E-state index contributed by atoms with van der Waals surface area (Å²) >= 11 is 6.16. The minimum Gasteiger partial charge on any atom is -0.489 e. The van der Waals surface area contributed by atoms with Gasteiger partial charge in [-0.15, -0.1) is 12.4 Å². The molecule has 0 bridgehead atoms. The molecule has 0 saturated heterocycles. The molecule has 1 N–H and O–H groups in total. The highest BCUT2D eigenvalue weighted by atomic mass is 35.5. The van der Waals surface area contributed by atoms with E-state index in [9.17, 15) is 0 Å². The van der Waals surface area contributed by atoms with Gasteiger partial charge in [0.2, 0.25) is 0 Å². The van der Waals surface area contributed by atoms with Gasteiger partial charge in [0.05, 0.1) is 0 Å². The largest absolute Gasteiger partial charge is 0.489 e. The van der Waals surface area contributed by atoms with Gasteiger partial charge < -0.3 is 10.1 Å². The lowest BCUT2D eigenvalue weighted by atomic mass is 10.1. The number of halogens is 2. The number of hydrogen-bond donors (Lipinski definition) is 1. The number of para-hydroxylation sites is 1. The van der Waals surface area contributed by atoms with Crippen molar-refractivity contribution in [3.63, 3.8) is 0 Å². The molecule has 1 unspecified atom stereocenters. The van der Waals surface area contributed by atoms with Crippen molar-refractivity contribution in [1.29, 1.82) is 0 Å². The van der Waals surface area contributed by atoms with Gasteiger partial charge in [0, 0.05) is 28.7 Å². The van der Waals surface area contributed by atoms with Gasteiger partial charge in [-0.05, 0) is 25.5 Å². The summed E-state index contributed by atoms with van der Waals surface area (Å²) in [7, 11) is 0. The monoisotopic (exact) mass is 339 g/mol. The van der Waals surface area contributed by atoms with Crippen LogP contribution in [0.4, 0.5) is 0 Å². The van der Waals surface area contributed by atoms with Gasteiger partial charge in [-0.3, -0.25) is 0 Å². The summed E-state index contributed by atoms with van der Waals surface area (Å²) in [6.45, 7) is 5.67. The average Bonchev–Trinajstić information content (AvgIpc) is 2.52. The molecule has 0 aliphatic carbocycles. The maximum atomic E-state index is 6.16. The van der Waals surface area contributed by atoms with Crippen LogP contribution in [0.25, 0.3) is 0 Å². The first-order chi connectivity index (χ1) is 10.2. The predicted molar refractivity (Wildman–Crippen MR) is 96.1 cm³/mol. The summed E-state index contributed by atoms with van der Waals surface area (Å²) in [6, 6.07) is 16.4. The van der Waals surface area contributed by atoms with Gasteiger partial charge in [0.25, 0.3) is 0 Å². The van der Waals surface area contributed by atoms with Crippen LogP contribution in [-0.4, -0.2) is 6.04 Å². The maximum absolute atomic E-state index is 6.16. The van der Waals surface area contributed by atoms with E-state index in [1.807, 2.05) is 42.5 Å². The minimum absolute atomic E-state index is 0. The van der Waals surface area contributed by atoms with Crippen molar-refractivity contribution in [2.24, 2.45) is 0 Å². The highest BCUT2D eigenvalue weighted by Gasteiger charge is 2.06. The summed E-state index contributed by atoms with van der Waals surface area (Å²) in [5.41, 5.74) is 2.17. The van der Waals surface area contributed by atoms with Crippen LogP contribution in [-0.2, 0) is 13.2 Å². The highest BCUT2D eigenvalue weighted by Crippen LogP contribution is 2.22. The van der Waals surface area contributed by atoms with Gasteiger partial charge in [0.1, 0.15) is 12.4 Å². The Hall–Kier alpha value is -1.22. The predicted octanol–water partition coefficient (Wildman–Crippen LogP) is 5.23. The molecule has 0 spiro atoms. The molecule has 2 nitrogen and oxygen atoms in total. The van der Waals surface area contributed by atoms with E-state index in [1.165, 1.54) is 5.56 Å². The summed E-state index contributed by atoms with van der Waals surface area (Å²) in [4.78, 5) is 0. The molecule has 4 heteroatoms. The molecule has 2 aromatic carbocycles. The lowest BCUT2D eigenvalue weighted by Crippen LogP contribution is -2.24. The highest BCUT2D eigenvalue weighted by molar-refractivity contribution is 6.31. The Morgan fingerprint density at radius 3 is 2.36 bits per heavy atom. The summed E-state index contributed by atoms with van der Waals surface area (Å²) < 4.78 is 5.95. The van der Waals surface area contributed by atoms with Crippen molar-refractivity contribution in [3.8, 4) is 5.75 Å². The zero-order valence-electron chi connectivity index (χ0n) is 13.0. The van der Waals surface area contributed by atoms with E-state index >= 15 is 0 Å². The SMILES string of the molecule is CCC(C)NCc1ccccc1OCc1ccccc1Cl.Cl. The Balaban J connectivity index is 0.00000242. The third kappa shape index (κ3) is 5.53. The van der Waals surface area contributed by atoms with Crippen molar-refractivity contribution in [2.75, 3.05) is 0 Å². The molecule has 0 aromatic heterocycles. The van der Waals surface area contributed by atoms with Crippen LogP contribution in [0.1, 0.15) is 31.4 Å². The van der Waals surface area contributed by atoms with Gasteiger partial charge in [-0.2, -0.15) is 0 Å². The third-order valence-corrected chi connectivity index (χ3v) is 3.94. The van der Waals surface area contributed by atoms with Crippen molar-refractivity contribution in [1.82, 2.24) is 5.32 Å². The van der Waals surface area contributed by atoms with E-state index in [-0.39, 0.29) is 12.4 Å². The Morgan fingerprint density at radius 2 is 1.68 bits per heavy atom. The molecule has 22 heavy (non-hydrogen) atoms. The lowest BCUT2D eigenvalue weighted by molar-refractivity contribution is 0.301. The van der Waals surface area contributed by atoms with Crippen molar-refractivity contribution in [3.05, 3.63) is 64.7 Å². The molecule has 0 aliphatic rings. The second-order valence-corrected chi connectivity index (χ2v) is 5.59. The Kier molecular flexibility index (Phi) is 8.32. The molecule has 0 saturated carbocycles. The normalized spacial score (nSPS) is 11.6. The lowest BCUT2D eigenvalue weighted by Gasteiger charge is -2.15. The van der Waals surface area contributed by atoms with Crippen LogP contribution in [0.5, 0.6) is 5.75 Å². The molecule has 0 fully saturated rings. The molecule has 0 radical (unpaired) electrons. The first-order valence-corrected chi connectivity index (χ1v) is 7.76. The third-order valence-electron chi connectivity index (χ3n) is 3.57. The summed E-state index contributed by atoms with van der Waals surface area (Å²) in [5, 5.41) is 4.24. The maximum Gasteiger partial charge on any atom is 0.124 e. The summed E-state index contributed by atoms with van der Waals surface area (Å²) in [6.07, 6.45) is 1.11. The van der Waals surface area contributed by atoms with E-state index in [0.717, 1.165) is 29.3 Å². The fourth-order valence-electron chi connectivity index (χ4n) is 1.99. The Labute approximate surface area is 144 Å². The van der Waals surface area contributed by atoms with E-state index in [0.29, 0.717) is 12.6 Å². The standard InChI is InChI=1S/C18H22ClNO.ClH/c1-3-14(2)20-12-15-8-5-7-11-18(15)21-13-16-9-4-6-10-17(16)19;/h4-11,14,20H,3,12-13H2,1-2H3;1H. The number of nitrogens with one attached hydrogen (secondary N) is 1. The van der Waals surface area contributed by atoms with Crippen LogP contribution >= 0.6 is 24.0 Å². The number of hydrogen-bond acceptors (Lipinski definition) is 2. The second-order valence-electron chi connectivity index (χ2n) is 5.18. The quantitative estimate of drug-likeness (QED) is 0.745. The van der Waals surface area contributed by atoms with E-state index in [4.69, 9.17) is 16.3 Å². The Bertz CT molecular complexity index is 575. The first kappa shape index (κ1) is 18.8. The molecule has 120 valence electrons. The topological polar surface area (TPSA) is 21.3 Å². The number of benzene rings is 2. The van der Waals surface area contributed by atoms with Crippen LogP contribution in [0.2, 0.25) is 5.02 Å². The molecule has 0 amide bonds. The first-order valence-electron chi connectivity index (χ1n) is 7.38. The second kappa shape index (κ2) is 9.73. The Morgan fingerprint density at radius 1 is 1.05 bits per heavy atom. The van der Waals surface area contributed by atoms with Crippen molar-refractivity contribution < 1.29 is 4.74 Å². The van der Waals surface area contributed by atoms with Crippen LogP contribution < -0.4 is 10.1 Å². The van der Waals surface area contributed by atoms with Crippen molar-refractivity contribution in [2.45, 2.75) is 39.5 Å². The fraction of sp³-hybridized carbons (Fsp3) is 0.333. The van der Waals surface area contributed by atoms with E-state index < -0.39 is 0 Å². The molecule has 2 rings (SSSR count).